The highest BCUT2D eigenvalue weighted by Gasteiger charge is 2.19. The summed E-state index contributed by atoms with van der Waals surface area (Å²) in [6.07, 6.45) is 5.28. The molecule has 1 saturated heterocycles. The Bertz CT molecular complexity index is 662. The molecule has 0 atom stereocenters. The summed E-state index contributed by atoms with van der Waals surface area (Å²) in [7, 11) is 0. The van der Waals surface area contributed by atoms with Gasteiger partial charge in [0.05, 0.1) is 5.56 Å². The number of hydrogen-bond donors (Lipinski definition) is 1. The zero-order valence-corrected chi connectivity index (χ0v) is 12.2. The molecule has 5 heteroatoms. The summed E-state index contributed by atoms with van der Waals surface area (Å²) < 4.78 is 0. The standard InChI is InChI=1S/C17H17N3O2/c21-16(14-4-3-9-18-12-14)19-15-7-5-13(6-8-15)17(22)20-10-1-2-11-20/h3-9,12H,1-2,10-11H2,(H,19,21). The van der Waals surface area contributed by atoms with Crippen LogP contribution in [0.15, 0.2) is 48.8 Å². The molecule has 5 nitrogen and oxygen atoms in total. The zero-order valence-electron chi connectivity index (χ0n) is 12.2. The predicted molar refractivity (Wildman–Crippen MR) is 83.8 cm³/mol. The fourth-order valence-corrected chi connectivity index (χ4v) is 2.50. The Morgan fingerprint density at radius 1 is 1.00 bits per heavy atom. The van der Waals surface area contributed by atoms with Gasteiger partial charge in [0.25, 0.3) is 11.8 Å². The first kappa shape index (κ1) is 14.3. The Morgan fingerprint density at radius 3 is 2.36 bits per heavy atom. The van der Waals surface area contributed by atoms with E-state index >= 15 is 0 Å². The van der Waals surface area contributed by atoms with E-state index in [9.17, 15) is 9.59 Å². The molecule has 1 aliphatic rings. The molecule has 0 spiro atoms. The quantitative estimate of drug-likeness (QED) is 0.946. The van der Waals surface area contributed by atoms with Crippen LogP contribution in [0.2, 0.25) is 0 Å². The molecule has 1 fully saturated rings. The lowest BCUT2D eigenvalue weighted by atomic mass is 10.1. The number of benzene rings is 1. The van der Waals surface area contributed by atoms with E-state index in [2.05, 4.69) is 10.3 Å². The summed E-state index contributed by atoms with van der Waals surface area (Å²) in [5, 5.41) is 2.79. The number of carbonyl (C=O) groups excluding carboxylic acids is 2. The van der Waals surface area contributed by atoms with Crippen LogP contribution in [0.5, 0.6) is 0 Å². The highest BCUT2D eigenvalue weighted by Crippen LogP contribution is 2.16. The third kappa shape index (κ3) is 3.14. The summed E-state index contributed by atoms with van der Waals surface area (Å²) >= 11 is 0. The summed E-state index contributed by atoms with van der Waals surface area (Å²) in [5.41, 5.74) is 1.81. The van der Waals surface area contributed by atoms with E-state index in [1.54, 1.807) is 42.6 Å². The van der Waals surface area contributed by atoms with E-state index in [-0.39, 0.29) is 11.8 Å². The smallest absolute Gasteiger partial charge is 0.257 e. The van der Waals surface area contributed by atoms with Gasteiger partial charge in [-0.2, -0.15) is 0 Å². The van der Waals surface area contributed by atoms with E-state index in [0.29, 0.717) is 16.8 Å². The highest BCUT2D eigenvalue weighted by molar-refractivity contribution is 6.04. The first-order chi connectivity index (χ1) is 10.7. The van der Waals surface area contributed by atoms with Crippen LogP contribution in [-0.4, -0.2) is 34.8 Å². The van der Waals surface area contributed by atoms with Crippen LogP contribution < -0.4 is 5.32 Å². The molecule has 1 N–H and O–H groups in total. The molecule has 2 heterocycles. The fraction of sp³-hybridized carbons (Fsp3) is 0.235. The van der Waals surface area contributed by atoms with Crippen molar-refractivity contribution in [2.75, 3.05) is 18.4 Å². The first-order valence-electron chi connectivity index (χ1n) is 7.35. The number of likely N-dealkylation sites (tertiary alicyclic amines) is 1. The molecular formula is C17H17N3O2. The van der Waals surface area contributed by atoms with Crippen LogP contribution in [0.3, 0.4) is 0 Å². The van der Waals surface area contributed by atoms with Gasteiger partial charge < -0.3 is 10.2 Å². The average molecular weight is 295 g/mol. The van der Waals surface area contributed by atoms with E-state index in [0.717, 1.165) is 25.9 Å². The molecule has 0 aliphatic carbocycles. The topological polar surface area (TPSA) is 62.3 Å². The molecule has 2 aromatic rings. The number of anilines is 1. The number of nitrogens with zero attached hydrogens (tertiary/aromatic N) is 2. The van der Waals surface area contributed by atoms with Gasteiger partial charge in [0.2, 0.25) is 0 Å². The minimum atomic E-state index is -0.216. The maximum Gasteiger partial charge on any atom is 0.257 e. The monoisotopic (exact) mass is 295 g/mol. The van der Waals surface area contributed by atoms with Gasteiger partial charge in [-0.25, -0.2) is 0 Å². The first-order valence-corrected chi connectivity index (χ1v) is 7.35. The zero-order chi connectivity index (χ0) is 15.4. The molecule has 1 aliphatic heterocycles. The molecule has 112 valence electrons. The van der Waals surface area contributed by atoms with Crippen molar-refractivity contribution in [2.45, 2.75) is 12.8 Å². The van der Waals surface area contributed by atoms with Gasteiger partial charge in [0.1, 0.15) is 0 Å². The van der Waals surface area contributed by atoms with Gasteiger partial charge in [0.15, 0.2) is 0 Å². The number of amides is 2. The Kier molecular flexibility index (Phi) is 4.14. The third-order valence-corrected chi connectivity index (χ3v) is 3.71. The summed E-state index contributed by atoms with van der Waals surface area (Å²) in [6.45, 7) is 1.66. The van der Waals surface area contributed by atoms with Crippen molar-refractivity contribution in [3.63, 3.8) is 0 Å². The number of pyridine rings is 1. The SMILES string of the molecule is O=C(Nc1ccc(C(=O)N2CCCC2)cc1)c1cccnc1. The fourth-order valence-electron chi connectivity index (χ4n) is 2.50. The Labute approximate surface area is 129 Å². The minimum Gasteiger partial charge on any atom is -0.339 e. The van der Waals surface area contributed by atoms with Gasteiger partial charge in [-0.1, -0.05) is 0 Å². The Balaban J connectivity index is 1.66. The second-order valence-electron chi connectivity index (χ2n) is 5.27. The van der Waals surface area contributed by atoms with Crippen molar-refractivity contribution in [3.8, 4) is 0 Å². The van der Waals surface area contributed by atoms with Crippen molar-refractivity contribution in [2.24, 2.45) is 0 Å². The van der Waals surface area contributed by atoms with Crippen LogP contribution in [0.25, 0.3) is 0 Å². The molecule has 0 saturated carbocycles. The van der Waals surface area contributed by atoms with Crippen LogP contribution in [0.1, 0.15) is 33.6 Å². The van der Waals surface area contributed by atoms with Crippen molar-refractivity contribution >= 4 is 17.5 Å². The van der Waals surface area contributed by atoms with E-state index in [1.807, 2.05) is 4.90 Å². The maximum absolute atomic E-state index is 12.2. The van der Waals surface area contributed by atoms with Crippen molar-refractivity contribution < 1.29 is 9.59 Å². The Morgan fingerprint density at radius 2 is 1.73 bits per heavy atom. The lowest BCUT2D eigenvalue weighted by Gasteiger charge is -2.15. The molecule has 0 radical (unpaired) electrons. The molecular weight excluding hydrogens is 278 g/mol. The van der Waals surface area contributed by atoms with Crippen LogP contribution in [-0.2, 0) is 0 Å². The second kappa shape index (κ2) is 6.39. The lowest BCUT2D eigenvalue weighted by Crippen LogP contribution is -2.27. The lowest BCUT2D eigenvalue weighted by molar-refractivity contribution is 0.0792. The predicted octanol–water partition coefficient (Wildman–Crippen LogP) is 2.57. The normalized spacial score (nSPS) is 13.9. The molecule has 22 heavy (non-hydrogen) atoms. The Hall–Kier alpha value is -2.69. The van der Waals surface area contributed by atoms with Crippen molar-refractivity contribution in [1.82, 2.24) is 9.88 Å². The van der Waals surface area contributed by atoms with Crippen molar-refractivity contribution in [3.05, 3.63) is 59.9 Å². The largest absolute Gasteiger partial charge is 0.339 e. The summed E-state index contributed by atoms with van der Waals surface area (Å²) in [5.74, 6) is -0.158. The van der Waals surface area contributed by atoms with E-state index in [4.69, 9.17) is 0 Å². The van der Waals surface area contributed by atoms with Gasteiger partial charge in [-0.15, -0.1) is 0 Å². The number of nitrogens with one attached hydrogen (secondary N) is 1. The molecule has 1 aromatic heterocycles. The molecule has 1 aromatic carbocycles. The average Bonchev–Trinajstić information content (AvgIpc) is 3.10. The summed E-state index contributed by atoms with van der Waals surface area (Å²) in [4.78, 5) is 30.0. The number of rotatable bonds is 3. The van der Waals surface area contributed by atoms with E-state index < -0.39 is 0 Å². The third-order valence-electron chi connectivity index (χ3n) is 3.71. The van der Waals surface area contributed by atoms with Gasteiger partial charge in [0, 0.05) is 36.7 Å². The van der Waals surface area contributed by atoms with Gasteiger partial charge in [-0.05, 0) is 49.2 Å². The number of hydrogen-bond acceptors (Lipinski definition) is 3. The maximum atomic E-state index is 12.2. The highest BCUT2D eigenvalue weighted by atomic mass is 16.2. The van der Waals surface area contributed by atoms with Crippen LogP contribution in [0, 0.1) is 0 Å². The van der Waals surface area contributed by atoms with Gasteiger partial charge in [-0.3, -0.25) is 14.6 Å². The minimum absolute atomic E-state index is 0.0580. The van der Waals surface area contributed by atoms with E-state index in [1.165, 1.54) is 6.20 Å². The van der Waals surface area contributed by atoms with Crippen LogP contribution >= 0.6 is 0 Å². The molecule has 3 rings (SSSR count). The second-order valence-corrected chi connectivity index (χ2v) is 5.27. The van der Waals surface area contributed by atoms with Gasteiger partial charge >= 0.3 is 0 Å². The van der Waals surface area contributed by atoms with Crippen molar-refractivity contribution in [1.29, 1.82) is 0 Å². The number of carbonyl (C=O) groups is 2. The van der Waals surface area contributed by atoms with Crippen LogP contribution in [0.4, 0.5) is 5.69 Å². The molecule has 0 unspecified atom stereocenters. The summed E-state index contributed by atoms with van der Waals surface area (Å²) in [6, 6.07) is 10.4. The number of aromatic nitrogens is 1. The molecule has 0 bridgehead atoms. The molecule has 2 amide bonds.